The number of phenols is 1. The summed E-state index contributed by atoms with van der Waals surface area (Å²) in [5.41, 5.74) is 0.563. The second-order valence-corrected chi connectivity index (χ2v) is 10.4. The fourth-order valence-corrected chi connectivity index (χ4v) is 5.80. The smallest absolute Gasteiger partial charge is 0.194 e. The van der Waals surface area contributed by atoms with E-state index >= 15 is 4.39 Å². The van der Waals surface area contributed by atoms with E-state index in [2.05, 4.69) is 32.4 Å². The Kier molecular flexibility index (Phi) is 5.06. The van der Waals surface area contributed by atoms with E-state index in [1.165, 1.54) is 11.3 Å². The first-order valence-corrected chi connectivity index (χ1v) is 11.6. The monoisotopic (exact) mass is 465 g/mol. The number of nitriles is 1. The molecule has 2 aromatic heterocycles. The highest BCUT2D eigenvalue weighted by Gasteiger charge is 2.56. The van der Waals surface area contributed by atoms with Crippen molar-refractivity contribution in [1.29, 1.82) is 5.26 Å². The number of piperidine rings is 1. The number of thiazole rings is 1. The number of anilines is 1. The van der Waals surface area contributed by atoms with E-state index in [-0.39, 0.29) is 23.2 Å². The van der Waals surface area contributed by atoms with Gasteiger partial charge in [-0.2, -0.15) is 5.26 Å². The first kappa shape index (κ1) is 21.7. The molecular formula is C23H24FN7OS. The van der Waals surface area contributed by atoms with Crippen LogP contribution in [0, 0.1) is 11.3 Å². The molecule has 33 heavy (non-hydrogen) atoms. The van der Waals surface area contributed by atoms with Crippen molar-refractivity contribution in [2.75, 3.05) is 11.9 Å². The van der Waals surface area contributed by atoms with E-state index in [9.17, 15) is 5.11 Å². The molecule has 4 heterocycles. The number of aromatic hydroxyl groups is 1. The van der Waals surface area contributed by atoms with Crippen molar-refractivity contribution in [1.82, 2.24) is 25.5 Å². The van der Waals surface area contributed by atoms with E-state index in [1.807, 2.05) is 31.0 Å². The van der Waals surface area contributed by atoms with Crippen LogP contribution in [0.1, 0.15) is 38.1 Å². The number of rotatable bonds is 4. The van der Waals surface area contributed by atoms with E-state index in [4.69, 9.17) is 5.26 Å². The van der Waals surface area contributed by atoms with Crippen LogP contribution in [0.25, 0.3) is 21.8 Å². The number of halogens is 1. The zero-order valence-electron chi connectivity index (χ0n) is 18.6. The zero-order valence-corrected chi connectivity index (χ0v) is 19.4. The summed E-state index contributed by atoms with van der Waals surface area (Å²) < 4.78 is 15.4. The molecule has 0 amide bonds. The van der Waals surface area contributed by atoms with Gasteiger partial charge in [-0.25, -0.2) is 14.4 Å². The number of benzene rings is 1. The fourth-order valence-electron chi connectivity index (χ4n) is 5.09. The van der Waals surface area contributed by atoms with Gasteiger partial charge in [-0.15, -0.1) is 21.5 Å². The summed E-state index contributed by atoms with van der Waals surface area (Å²) in [4.78, 5) is 11.0. The third kappa shape index (κ3) is 3.71. The van der Waals surface area contributed by atoms with Crippen LogP contribution in [-0.4, -0.2) is 55.6 Å². The molecule has 2 bridgehead atoms. The molecule has 0 saturated carbocycles. The Morgan fingerprint density at radius 2 is 2.06 bits per heavy atom. The molecule has 2 fully saturated rings. The molecule has 0 unspecified atom stereocenters. The number of hydrogen-bond donors (Lipinski definition) is 2. The lowest BCUT2D eigenvalue weighted by Gasteiger charge is -2.47. The van der Waals surface area contributed by atoms with Gasteiger partial charge in [-0.1, -0.05) is 6.07 Å². The van der Waals surface area contributed by atoms with E-state index < -0.39 is 11.7 Å². The second kappa shape index (κ2) is 7.71. The number of phenolic OH excluding ortho intramolecular Hbond substituents is 1. The van der Waals surface area contributed by atoms with Crippen molar-refractivity contribution in [3.05, 3.63) is 35.6 Å². The maximum atomic E-state index is 15.4. The summed E-state index contributed by atoms with van der Waals surface area (Å²) in [6, 6.07) is 6.80. The maximum Gasteiger partial charge on any atom is 0.194 e. The molecule has 0 aliphatic carbocycles. The van der Waals surface area contributed by atoms with E-state index in [0.717, 1.165) is 23.3 Å². The van der Waals surface area contributed by atoms with Crippen molar-refractivity contribution in [2.45, 2.75) is 56.4 Å². The Morgan fingerprint density at radius 3 is 2.73 bits per heavy atom. The highest BCUT2D eigenvalue weighted by atomic mass is 32.1. The molecule has 10 heteroatoms. The summed E-state index contributed by atoms with van der Waals surface area (Å²) in [7, 11) is 1.83. The first-order chi connectivity index (χ1) is 15.7. The molecule has 5 rings (SSSR count). The van der Waals surface area contributed by atoms with Crippen LogP contribution in [0.2, 0.25) is 0 Å². The van der Waals surface area contributed by atoms with Crippen LogP contribution in [0.4, 0.5) is 10.2 Å². The maximum absolute atomic E-state index is 15.4. The second-order valence-electron chi connectivity index (χ2n) is 9.40. The minimum atomic E-state index is -1.04. The lowest BCUT2D eigenvalue weighted by atomic mass is 9.82. The molecule has 2 N–H and O–H groups in total. The SMILES string of the molecule is CN(c1cnc(-c2ccc(-c3cnc(C#N)s3)cc2O)nn1)[C@@H]1C[C@@]2(C)CC[C@](C)(N2)[C@@H]1F. The summed E-state index contributed by atoms with van der Waals surface area (Å²) >= 11 is 1.25. The molecule has 2 aliphatic heterocycles. The summed E-state index contributed by atoms with van der Waals surface area (Å²) in [5.74, 6) is 0.769. The van der Waals surface area contributed by atoms with E-state index in [0.29, 0.717) is 22.8 Å². The van der Waals surface area contributed by atoms with E-state index in [1.54, 1.807) is 24.5 Å². The van der Waals surface area contributed by atoms with Crippen LogP contribution < -0.4 is 10.2 Å². The van der Waals surface area contributed by atoms with Crippen molar-refractivity contribution < 1.29 is 9.50 Å². The molecule has 0 spiro atoms. The Balaban J connectivity index is 1.37. The molecule has 8 nitrogen and oxygen atoms in total. The number of nitrogens with zero attached hydrogens (tertiary/aromatic N) is 6. The van der Waals surface area contributed by atoms with Gasteiger partial charge in [0.2, 0.25) is 0 Å². The molecule has 0 radical (unpaired) electrons. The van der Waals surface area contributed by atoms with Gasteiger partial charge in [0.1, 0.15) is 18.0 Å². The molecule has 3 aromatic rings. The van der Waals surface area contributed by atoms with Crippen LogP contribution in [0.5, 0.6) is 5.75 Å². The quantitative estimate of drug-likeness (QED) is 0.600. The zero-order chi connectivity index (χ0) is 23.4. The molecular weight excluding hydrogens is 441 g/mol. The number of alkyl halides is 1. The van der Waals surface area contributed by atoms with Crippen LogP contribution in [-0.2, 0) is 0 Å². The third-order valence-electron chi connectivity index (χ3n) is 6.92. The van der Waals surface area contributed by atoms with Crippen molar-refractivity contribution in [3.63, 3.8) is 0 Å². The van der Waals surface area contributed by atoms with Gasteiger partial charge < -0.3 is 15.3 Å². The molecule has 1 aromatic carbocycles. The van der Waals surface area contributed by atoms with Gasteiger partial charge in [-0.3, -0.25) is 0 Å². The van der Waals surface area contributed by atoms with Gasteiger partial charge >= 0.3 is 0 Å². The Bertz CT molecular complexity index is 1240. The highest BCUT2D eigenvalue weighted by molar-refractivity contribution is 7.15. The van der Waals surface area contributed by atoms with Crippen molar-refractivity contribution in [2.24, 2.45) is 0 Å². The fraction of sp³-hybridized carbons (Fsp3) is 0.435. The molecule has 2 aliphatic rings. The Hall–Kier alpha value is -3.16. The summed E-state index contributed by atoms with van der Waals surface area (Å²) in [6.07, 6.45) is 4.57. The van der Waals surface area contributed by atoms with Gasteiger partial charge in [0, 0.05) is 24.3 Å². The predicted molar refractivity (Wildman–Crippen MR) is 124 cm³/mol. The van der Waals surface area contributed by atoms with Crippen molar-refractivity contribution >= 4 is 17.2 Å². The molecule has 170 valence electrons. The number of aromatic nitrogens is 4. The Morgan fingerprint density at radius 1 is 1.24 bits per heavy atom. The largest absolute Gasteiger partial charge is 0.507 e. The van der Waals surface area contributed by atoms with Gasteiger partial charge in [0.15, 0.2) is 16.6 Å². The minimum Gasteiger partial charge on any atom is -0.507 e. The number of hydrogen-bond acceptors (Lipinski definition) is 9. The normalized spacial score (nSPS) is 28.5. The highest BCUT2D eigenvalue weighted by Crippen LogP contribution is 2.45. The number of nitrogens with one attached hydrogen (secondary N) is 1. The van der Waals surface area contributed by atoms with Gasteiger partial charge in [0.25, 0.3) is 0 Å². The average Bonchev–Trinajstić information content (AvgIpc) is 3.39. The standard InChI is InChI=1S/C23H24FN7OS/c1-22-6-7-23(2,30-22)20(24)15(9-22)31(3)18-12-27-21(29-28-18)14-5-4-13(8-16(14)32)17-11-26-19(10-25)33-17/h4-5,8,11-12,15,20,30,32H,6-7,9H2,1-3H3/t15-,20-,22-,23+/m1/s1. The molecule has 2 saturated heterocycles. The van der Waals surface area contributed by atoms with Crippen molar-refractivity contribution in [3.8, 4) is 33.6 Å². The van der Waals surface area contributed by atoms with Crippen LogP contribution >= 0.6 is 11.3 Å². The first-order valence-electron chi connectivity index (χ1n) is 10.8. The number of fused-ring (bicyclic) bond motifs is 2. The predicted octanol–water partition coefficient (Wildman–Crippen LogP) is 3.69. The minimum absolute atomic E-state index is 0.00177. The lowest BCUT2D eigenvalue weighted by Crippen LogP contribution is -2.65. The summed E-state index contributed by atoms with van der Waals surface area (Å²) in [6.45, 7) is 4.10. The lowest BCUT2D eigenvalue weighted by molar-refractivity contribution is 0.0859. The average molecular weight is 466 g/mol. The van der Waals surface area contributed by atoms with Gasteiger partial charge in [-0.05, 0) is 50.8 Å². The topological polar surface area (TPSA) is 111 Å². The van der Waals surface area contributed by atoms with Crippen LogP contribution in [0.3, 0.4) is 0 Å². The molecule has 4 atom stereocenters. The van der Waals surface area contributed by atoms with Gasteiger partial charge in [0.05, 0.1) is 22.7 Å². The summed E-state index contributed by atoms with van der Waals surface area (Å²) in [5, 5.41) is 31.9. The van der Waals surface area contributed by atoms with Crippen LogP contribution in [0.15, 0.2) is 30.6 Å². The third-order valence-corrected chi connectivity index (χ3v) is 7.87. The Labute approximate surface area is 195 Å².